The van der Waals surface area contributed by atoms with E-state index in [4.69, 9.17) is 5.14 Å². The average Bonchev–Trinajstić information content (AvgIpc) is 2.98. The van der Waals surface area contributed by atoms with Crippen LogP contribution in [0.5, 0.6) is 0 Å². The summed E-state index contributed by atoms with van der Waals surface area (Å²) < 4.78 is 25.5. The number of carbonyl (C=O) groups is 1. The number of thiazole rings is 1. The molecule has 2 aromatic carbocycles. The number of aryl methyl sites for hydroxylation is 1. The second kappa shape index (κ2) is 7.70. The summed E-state index contributed by atoms with van der Waals surface area (Å²) in [5.41, 5.74) is 1.00. The lowest BCUT2D eigenvalue weighted by molar-refractivity contribution is -0.385. The molecule has 0 radical (unpaired) electrons. The summed E-state index contributed by atoms with van der Waals surface area (Å²) in [4.78, 5) is 27.5. The van der Waals surface area contributed by atoms with Crippen LogP contribution < -0.4 is 9.94 Å². The Labute approximate surface area is 169 Å². The van der Waals surface area contributed by atoms with Gasteiger partial charge in [0.1, 0.15) is 0 Å². The van der Waals surface area contributed by atoms with Gasteiger partial charge in [0.15, 0.2) is 4.80 Å². The van der Waals surface area contributed by atoms with Crippen LogP contribution in [-0.2, 0) is 16.6 Å². The van der Waals surface area contributed by atoms with E-state index in [9.17, 15) is 23.3 Å². The molecule has 2 N–H and O–H groups in total. The Balaban J connectivity index is 2.17. The maximum Gasteiger partial charge on any atom is 0.279 e. The molecule has 150 valence electrons. The number of amides is 1. The number of nitro benzene ring substituents is 1. The van der Waals surface area contributed by atoms with E-state index in [1.807, 2.05) is 0 Å². The van der Waals surface area contributed by atoms with Gasteiger partial charge in [0, 0.05) is 23.7 Å². The van der Waals surface area contributed by atoms with Crippen molar-refractivity contribution < 1.29 is 18.1 Å². The number of hydrogen-bond acceptors (Lipinski definition) is 6. The molecule has 0 saturated heterocycles. The highest BCUT2D eigenvalue weighted by Crippen LogP contribution is 2.22. The molecule has 0 aliphatic carbocycles. The molecule has 1 heterocycles. The highest BCUT2D eigenvalue weighted by molar-refractivity contribution is 7.89. The molecule has 1 amide bonds. The first kappa shape index (κ1) is 20.6. The van der Waals surface area contributed by atoms with Crippen LogP contribution in [0.25, 0.3) is 10.2 Å². The molecule has 3 aromatic rings. The lowest BCUT2D eigenvalue weighted by Gasteiger charge is -2.02. The third-order valence-electron chi connectivity index (χ3n) is 4.14. The molecular weight excluding hydrogens is 416 g/mol. The van der Waals surface area contributed by atoms with Gasteiger partial charge in [-0.25, -0.2) is 13.6 Å². The number of hydrogen-bond donors (Lipinski definition) is 1. The molecule has 0 fully saturated rings. The molecule has 0 aliphatic heterocycles. The minimum Gasteiger partial charge on any atom is -0.312 e. The fourth-order valence-corrected chi connectivity index (χ4v) is 4.40. The largest absolute Gasteiger partial charge is 0.312 e. The summed E-state index contributed by atoms with van der Waals surface area (Å²) in [6.45, 7) is 5.59. The topological polar surface area (TPSA) is 138 Å². The van der Waals surface area contributed by atoms with Crippen LogP contribution in [0.1, 0.15) is 15.9 Å². The summed E-state index contributed by atoms with van der Waals surface area (Å²) in [6, 6.07) is 8.51. The molecule has 0 unspecified atom stereocenters. The van der Waals surface area contributed by atoms with E-state index < -0.39 is 20.9 Å². The zero-order valence-electron chi connectivity index (χ0n) is 15.2. The second-order valence-corrected chi connectivity index (χ2v) is 8.70. The number of nitrogens with two attached hydrogens (primary N) is 1. The summed E-state index contributed by atoms with van der Waals surface area (Å²) in [7, 11) is -3.88. The van der Waals surface area contributed by atoms with Gasteiger partial charge < -0.3 is 4.57 Å². The lowest BCUT2D eigenvalue weighted by atomic mass is 10.1. The van der Waals surface area contributed by atoms with E-state index in [2.05, 4.69) is 11.6 Å². The molecule has 1 aromatic heterocycles. The van der Waals surface area contributed by atoms with Gasteiger partial charge in [-0.3, -0.25) is 14.9 Å². The van der Waals surface area contributed by atoms with Gasteiger partial charge in [-0.2, -0.15) is 4.99 Å². The Hall–Kier alpha value is -3.15. The van der Waals surface area contributed by atoms with Crippen molar-refractivity contribution in [2.45, 2.75) is 18.4 Å². The number of nitrogens with zero attached hydrogens (tertiary/aromatic N) is 3. The van der Waals surface area contributed by atoms with E-state index in [-0.39, 0.29) is 16.1 Å². The number of nitro groups is 1. The molecule has 3 rings (SSSR count). The van der Waals surface area contributed by atoms with E-state index in [1.54, 1.807) is 23.6 Å². The van der Waals surface area contributed by atoms with Crippen LogP contribution in [-0.4, -0.2) is 23.8 Å². The van der Waals surface area contributed by atoms with Crippen LogP contribution >= 0.6 is 11.3 Å². The SMILES string of the molecule is C=CCn1c(=NC(=O)c2ccc(C)c([N+](=O)[O-])c2)sc2cc(S(N)(=O)=O)ccc21. The summed E-state index contributed by atoms with van der Waals surface area (Å²) >= 11 is 1.10. The zero-order chi connectivity index (χ0) is 21.3. The van der Waals surface area contributed by atoms with Crippen molar-refractivity contribution in [2.24, 2.45) is 10.1 Å². The Morgan fingerprint density at radius 3 is 2.69 bits per heavy atom. The Bertz CT molecular complexity index is 1340. The normalized spacial score (nSPS) is 12.3. The molecule has 0 atom stereocenters. The molecule has 11 heteroatoms. The number of rotatable bonds is 5. The van der Waals surface area contributed by atoms with E-state index >= 15 is 0 Å². The average molecular weight is 432 g/mol. The van der Waals surface area contributed by atoms with E-state index in [1.165, 1.54) is 30.3 Å². The molecule has 9 nitrogen and oxygen atoms in total. The third-order valence-corrected chi connectivity index (χ3v) is 6.10. The van der Waals surface area contributed by atoms with Crippen LogP contribution in [0.4, 0.5) is 5.69 Å². The van der Waals surface area contributed by atoms with Crippen molar-refractivity contribution in [1.29, 1.82) is 0 Å². The van der Waals surface area contributed by atoms with Gasteiger partial charge in [-0.05, 0) is 31.2 Å². The maximum absolute atomic E-state index is 12.6. The predicted molar refractivity (Wildman–Crippen MR) is 109 cm³/mol. The Kier molecular flexibility index (Phi) is 5.46. The standard InChI is InChI=1S/C18H16N4O5S2/c1-3-8-21-14-7-6-13(29(19,26)27)10-16(14)28-18(21)20-17(23)12-5-4-11(2)15(9-12)22(24)25/h3-7,9-10H,1,8H2,2H3,(H2,19,26,27). The molecule has 29 heavy (non-hydrogen) atoms. The zero-order valence-corrected chi connectivity index (χ0v) is 16.9. The fourth-order valence-electron chi connectivity index (χ4n) is 2.71. The second-order valence-electron chi connectivity index (χ2n) is 6.13. The molecule has 0 saturated carbocycles. The number of aromatic nitrogens is 1. The first-order valence-electron chi connectivity index (χ1n) is 8.23. The third kappa shape index (κ3) is 4.16. The van der Waals surface area contributed by atoms with Gasteiger partial charge in [0.2, 0.25) is 10.0 Å². The highest BCUT2D eigenvalue weighted by Gasteiger charge is 2.16. The van der Waals surface area contributed by atoms with Crippen molar-refractivity contribution in [2.75, 3.05) is 0 Å². The quantitative estimate of drug-likeness (QED) is 0.375. The Morgan fingerprint density at radius 1 is 1.34 bits per heavy atom. The van der Waals surface area contributed by atoms with Gasteiger partial charge in [-0.1, -0.05) is 23.5 Å². The minimum absolute atomic E-state index is 0.0518. The fraction of sp³-hybridized carbons (Fsp3) is 0.111. The first-order chi connectivity index (χ1) is 13.6. The number of fused-ring (bicyclic) bond motifs is 1. The van der Waals surface area contributed by atoms with Gasteiger partial charge in [-0.15, -0.1) is 6.58 Å². The summed E-state index contributed by atoms with van der Waals surface area (Å²) in [6.07, 6.45) is 1.61. The highest BCUT2D eigenvalue weighted by atomic mass is 32.2. The van der Waals surface area contributed by atoms with Crippen LogP contribution in [0.15, 0.2) is 58.9 Å². The number of carbonyl (C=O) groups excluding carboxylic acids is 1. The molecular formula is C18H16N4O5S2. The van der Waals surface area contributed by atoms with Crippen molar-refractivity contribution in [3.05, 3.63) is 75.1 Å². The van der Waals surface area contributed by atoms with Gasteiger partial charge >= 0.3 is 0 Å². The van der Waals surface area contributed by atoms with Crippen molar-refractivity contribution in [3.63, 3.8) is 0 Å². The van der Waals surface area contributed by atoms with Crippen LogP contribution in [0.2, 0.25) is 0 Å². The van der Waals surface area contributed by atoms with Crippen molar-refractivity contribution >= 4 is 43.2 Å². The molecule has 0 bridgehead atoms. The maximum atomic E-state index is 12.6. The van der Waals surface area contributed by atoms with Gasteiger partial charge in [0.05, 0.1) is 20.0 Å². The lowest BCUT2D eigenvalue weighted by Crippen LogP contribution is -2.16. The summed E-state index contributed by atoms with van der Waals surface area (Å²) in [5, 5.41) is 16.3. The minimum atomic E-state index is -3.88. The predicted octanol–water partition coefficient (Wildman–Crippen LogP) is 2.49. The first-order valence-corrected chi connectivity index (χ1v) is 10.6. The number of allylic oxidation sites excluding steroid dienone is 1. The summed E-state index contributed by atoms with van der Waals surface area (Å²) in [5.74, 6) is -0.649. The van der Waals surface area contributed by atoms with E-state index in [0.29, 0.717) is 27.1 Å². The molecule has 0 aliphatic rings. The number of benzene rings is 2. The monoisotopic (exact) mass is 432 g/mol. The van der Waals surface area contributed by atoms with Crippen LogP contribution in [0.3, 0.4) is 0 Å². The number of sulfonamides is 1. The van der Waals surface area contributed by atoms with Gasteiger partial charge in [0.25, 0.3) is 11.6 Å². The Morgan fingerprint density at radius 2 is 2.07 bits per heavy atom. The molecule has 0 spiro atoms. The number of primary sulfonamides is 1. The van der Waals surface area contributed by atoms with Crippen LogP contribution in [0, 0.1) is 17.0 Å². The smallest absolute Gasteiger partial charge is 0.279 e. The van der Waals surface area contributed by atoms with E-state index in [0.717, 1.165) is 11.3 Å². The van der Waals surface area contributed by atoms with Crippen molar-refractivity contribution in [3.8, 4) is 0 Å². The van der Waals surface area contributed by atoms with Crippen molar-refractivity contribution in [1.82, 2.24) is 4.57 Å².